The first-order valence-corrected chi connectivity index (χ1v) is 11.6. The molecule has 1 spiro atoms. The summed E-state index contributed by atoms with van der Waals surface area (Å²) in [6, 6.07) is 9.62. The van der Waals surface area contributed by atoms with E-state index in [9.17, 15) is 9.59 Å². The van der Waals surface area contributed by atoms with Crippen LogP contribution >= 0.6 is 11.6 Å². The zero-order chi connectivity index (χ0) is 23.0. The van der Waals surface area contributed by atoms with Gasteiger partial charge in [-0.15, -0.1) is 0 Å². The summed E-state index contributed by atoms with van der Waals surface area (Å²) >= 11 is 6.12. The van der Waals surface area contributed by atoms with E-state index in [0.29, 0.717) is 54.6 Å². The van der Waals surface area contributed by atoms with Crippen LogP contribution in [-0.2, 0) is 4.79 Å². The fourth-order valence-electron chi connectivity index (χ4n) is 4.63. The van der Waals surface area contributed by atoms with Crippen LogP contribution in [0.15, 0.2) is 30.3 Å². The highest BCUT2D eigenvalue weighted by molar-refractivity contribution is 6.31. The lowest BCUT2D eigenvalue weighted by atomic mass is 9.82. The van der Waals surface area contributed by atoms with Crippen LogP contribution in [0.5, 0.6) is 11.5 Å². The SMILES string of the molecule is Cc1ccc(C(C)C)c(OCC(=O)N2CCC3(CC2)CC(=O)c2cc(Cl)cc(C)c2O3)c1. The Kier molecular flexibility index (Phi) is 6.22. The summed E-state index contributed by atoms with van der Waals surface area (Å²) in [4.78, 5) is 27.5. The van der Waals surface area contributed by atoms with Crippen molar-refractivity contribution in [1.82, 2.24) is 4.90 Å². The molecule has 2 aliphatic heterocycles. The van der Waals surface area contributed by atoms with Gasteiger partial charge in [-0.25, -0.2) is 0 Å². The van der Waals surface area contributed by atoms with Crippen LogP contribution in [0.3, 0.4) is 0 Å². The first-order valence-electron chi connectivity index (χ1n) is 11.2. The van der Waals surface area contributed by atoms with Crippen molar-refractivity contribution >= 4 is 23.3 Å². The minimum Gasteiger partial charge on any atom is -0.486 e. The summed E-state index contributed by atoms with van der Waals surface area (Å²) in [5.74, 6) is 1.74. The Morgan fingerprint density at radius 3 is 2.59 bits per heavy atom. The van der Waals surface area contributed by atoms with Gasteiger partial charge in [-0.1, -0.05) is 37.6 Å². The van der Waals surface area contributed by atoms with Gasteiger partial charge in [0.2, 0.25) is 0 Å². The third-order valence-electron chi connectivity index (χ3n) is 6.51. The number of aryl methyl sites for hydroxylation is 2. The molecule has 0 N–H and O–H groups in total. The maximum Gasteiger partial charge on any atom is 0.260 e. The highest BCUT2D eigenvalue weighted by Crippen LogP contribution is 2.42. The first kappa shape index (κ1) is 22.7. The Labute approximate surface area is 194 Å². The monoisotopic (exact) mass is 455 g/mol. The van der Waals surface area contributed by atoms with Crippen LogP contribution < -0.4 is 9.47 Å². The van der Waals surface area contributed by atoms with Crippen molar-refractivity contribution in [3.8, 4) is 11.5 Å². The molecule has 0 bridgehead atoms. The predicted molar refractivity (Wildman–Crippen MR) is 125 cm³/mol. The van der Waals surface area contributed by atoms with Crippen LogP contribution in [0.25, 0.3) is 0 Å². The summed E-state index contributed by atoms with van der Waals surface area (Å²) in [5, 5.41) is 0.545. The number of benzene rings is 2. The molecule has 0 aliphatic carbocycles. The highest BCUT2D eigenvalue weighted by atomic mass is 35.5. The number of Topliss-reactive ketones (excluding diaryl/α,β-unsaturated/α-hetero) is 1. The minimum absolute atomic E-state index is 0.0103. The van der Waals surface area contributed by atoms with Gasteiger partial charge in [0.05, 0.1) is 12.0 Å². The molecule has 170 valence electrons. The number of carbonyl (C=O) groups excluding carboxylic acids is 2. The number of hydrogen-bond acceptors (Lipinski definition) is 4. The molecule has 2 aliphatic rings. The van der Waals surface area contributed by atoms with Gasteiger partial charge in [0, 0.05) is 31.0 Å². The summed E-state index contributed by atoms with van der Waals surface area (Å²) in [5.41, 5.74) is 3.08. The summed E-state index contributed by atoms with van der Waals surface area (Å²) < 4.78 is 12.3. The third kappa shape index (κ3) is 4.49. The molecule has 32 heavy (non-hydrogen) atoms. The zero-order valence-electron chi connectivity index (χ0n) is 19.2. The van der Waals surface area contributed by atoms with Gasteiger partial charge in [0.25, 0.3) is 5.91 Å². The van der Waals surface area contributed by atoms with Gasteiger partial charge in [0.1, 0.15) is 17.1 Å². The number of halogens is 1. The van der Waals surface area contributed by atoms with Crippen LogP contribution in [0.4, 0.5) is 0 Å². The third-order valence-corrected chi connectivity index (χ3v) is 6.73. The van der Waals surface area contributed by atoms with Gasteiger partial charge in [0.15, 0.2) is 12.4 Å². The molecular formula is C26H30ClNO4. The van der Waals surface area contributed by atoms with Crippen LogP contribution in [-0.4, -0.2) is 41.9 Å². The fourth-order valence-corrected chi connectivity index (χ4v) is 4.90. The largest absolute Gasteiger partial charge is 0.486 e. The van der Waals surface area contributed by atoms with Crippen molar-refractivity contribution in [2.75, 3.05) is 19.7 Å². The van der Waals surface area contributed by atoms with E-state index in [4.69, 9.17) is 21.1 Å². The van der Waals surface area contributed by atoms with Gasteiger partial charge >= 0.3 is 0 Å². The molecule has 1 fully saturated rings. The molecule has 4 rings (SSSR count). The van der Waals surface area contributed by atoms with Crippen molar-refractivity contribution in [1.29, 1.82) is 0 Å². The second kappa shape index (κ2) is 8.78. The Morgan fingerprint density at radius 2 is 1.91 bits per heavy atom. The number of ether oxygens (including phenoxy) is 2. The van der Waals surface area contributed by atoms with E-state index in [-0.39, 0.29) is 18.3 Å². The van der Waals surface area contributed by atoms with E-state index >= 15 is 0 Å². The number of carbonyl (C=O) groups is 2. The lowest BCUT2D eigenvalue weighted by Crippen LogP contribution is -2.53. The zero-order valence-corrected chi connectivity index (χ0v) is 19.9. The smallest absolute Gasteiger partial charge is 0.260 e. The number of fused-ring (bicyclic) bond motifs is 1. The molecule has 0 atom stereocenters. The van der Waals surface area contributed by atoms with E-state index in [1.54, 1.807) is 6.07 Å². The normalized spacial score (nSPS) is 17.3. The van der Waals surface area contributed by atoms with Gasteiger partial charge < -0.3 is 14.4 Å². The van der Waals surface area contributed by atoms with E-state index in [1.807, 2.05) is 30.9 Å². The molecule has 6 heteroatoms. The molecule has 2 heterocycles. The second-order valence-corrected chi connectivity index (χ2v) is 9.79. The molecule has 2 aromatic carbocycles. The lowest BCUT2D eigenvalue weighted by molar-refractivity contribution is -0.137. The minimum atomic E-state index is -0.554. The molecular weight excluding hydrogens is 426 g/mol. The number of hydrogen-bond donors (Lipinski definition) is 0. The number of piperidine rings is 1. The Balaban J connectivity index is 1.39. The second-order valence-electron chi connectivity index (χ2n) is 9.35. The first-order chi connectivity index (χ1) is 15.2. The fraction of sp³-hybridized carbons (Fsp3) is 0.462. The maximum atomic E-state index is 12.8. The number of rotatable bonds is 4. The topological polar surface area (TPSA) is 55.8 Å². The van der Waals surface area contributed by atoms with Gasteiger partial charge in [-0.3, -0.25) is 9.59 Å². The highest BCUT2D eigenvalue weighted by Gasteiger charge is 2.44. The Hall–Kier alpha value is -2.53. The predicted octanol–water partition coefficient (Wildman–Crippen LogP) is 5.49. The van der Waals surface area contributed by atoms with Crippen molar-refractivity contribution < 1.29 is 19.1 Å². The lowest BCUT2D eigenvalue weighted by Gasteiger charge is -2.44. The van der Waals surface area contributed by atoms with Crippen molar-refractivity contribution in [2.24, 2.45) is 0 Å². The molecule has 0 radical (unpaired) electrons. The molecule has 1 amide bonds. The summed E-state index contributed by atoms with van der Waals surface area (Å²) in [7, 11) is 0. The standard InChI is InChI=1S/C26H30ClNO4/c1-16(2)20-6-5-17(3)11-23(20)31-15-24(30)28-9-7-26(8-10-28)14-22(29)21-13-19(27)12-18(4)25(21)32-26/h5-6,11-13,16H,7-10,14-15H2,1-4H3. The van der Waals surface area contributed by atoms with Gasteiger partial charge in [-0.2, -0.15) is 0 Å². The maximum absolute atomic E-state index is 12.8. The van der Waals surface area contributed by atoms with Crippen LogP contribution in [0.2, 0.25) is 5.02 Å². The van der Waals surface area contributed by atoms with Crippen molar-refractivity contribution in [3.63, 3.8) is 0 Å². The van der Waals surface area contributed by atoms with E-state index in [2.05, 4.69) is 26.0 Å². The van der Waals surface area contributed by atoms with Crippen LogP contribution in [0.1, 0.15) is 66.1 Å². The Bertz CT molecular complexity index is 1050. The van der Waals surface area contributed by atoms with Crippen molar-refractivity contribution in [3.05, 3.63) is 57.6 Å². The van der Waals surface area contributed by atoms with E-state index in [1.165, 1.54) is 0 Å². The van der Waals surface area contributed by atoms with Crippen molar-refractivity contribution in [2.45, 2.75) is 58.5 Å². The summed E-state index contributed by atoms with van der Waals surface area (Å²) in [6.45, 7) is 9.25. The van der Waals surface area contributed by atoms with Crippen LogP contribution in [0, 0.1) is 13.8 Å². The van der Waals surface area contributed by atoms with E-state index in [0.717, 1.165) is 22.4 Å². The molecule has 2 aromatic rings. The number of likely N-dealkylation sites (tertiary alicyclic amines) is 1. The average molecular weight is 456 g/mol. The summed E-state index contributed by atoms with van der Waals surface area (Å²) in [6.07, 6.45) is 1.56. The molecule has 0 saturated carbocycles. The molecule has 0 aromatic heterocycles. The van der Waals surface area contributed by atoms with E-state index < -0.39 is 5.60 Å². The van der Waals surface area contributed by atoms with Gasteiger partial charge in [-0.05, 0) is 54.7 Å². The molecule has 5 nitrogen and oxygen atoms in total. The number of amides is 1. The average Bonchev–Trinajstić information content (AvgIpc) is 2.73. The Morgan fingerprint density at radius 1 is 1.19 bits per heavy atom. The number of ketones is 1. The number of nitrogens with zero attached hydrogens (tertiary/aromatic N) is 1. The quantitative estimate of drug-likeness (QED) is 0.612. The molecule has 1 saturated heterocycles. The molecule has 0 unspecified atom stereocenters.